The van der Waals surface area contributed by atoms with Crippen LogP contribution < -0.4 is 5.32 Å². The molecule has 8 nitrogen and oxygen atoms in total. The van der Waals surface area contributed by atoms with E-state index in [4.69, 9.17) is 5.11 Å². The van der Waals surface area contributed by atoms with Crippen molar-refractivity contribution < 1.29 is 14.7 Å². The van der Waals surface area contributed by atoms with Crippen molar-refractivity contribution in [3.8, 4) is 17.1 Å². The highest BCUT2D eigenvalue weighted by Crippen LogP contribution is 2.19. The second-order valence-corrected chi connectivity index (χ2v) is 6.65. The Morgan fingerprint density at radius 2 is 1.77 bits per heavy atom. The molecule has 2 aromatic heterocycles. The van der Waals surface area contributed by atoms with Crippen LogP contribution in [0.3, 0.4) is 0 Å². The number of carbonyl (C=O) groups is 2. The minimum Gasteiger partial charge on any atom is -0.478 e. The first-order valence-electron chi connectivity index (χ1n) is 9.10. The highest BCUT2D eigenvalue weighted by Gasteiger charge is 2.11. The van der Waals surface area contributed by atoms with E-state index in [9.17, 15) is 9.59 Å². The van der Waals surface area contributed by atoms with Crippen molar-refractivity contribution in [2.75, 3.05) is 5.32 Å². The van der Waals surface area contributed by atoms with Crippen LogP contribution in [-0.4, -0.2) is 37.0 Å². The van der Waals surface area contributed by atoms with Crippen LogP contribution >= 0.6 is 0 Å². The van der Waals surface area contributed by atoms with Gasteiger partial charge < -0.3 is 10.4 Å². The van der Waals surface area contributed by atoms with Gasteiger partial charge in [-0.05, 0) is 49.4 Å². The first-order chi connectivity index (χ1) is 14.5. The Kier molecular flexibility index (Phi) is 5.04. The molecule has 4 rings (SSSR count). The van der Waals surface area contributed by atoms with Crippen molar-refractivity contribution in [2.45, 2.75) is 6.92 Å². The fourth-order valence-corrected chi connectivity index (χ4v) is 2.85. The second-order valence-electron chi connectivity index (χ2n) is 6.65. The van der Waals surface area contributed by atoms with Gasteiger partial charge >= 0.3 is 5.97 Å². The number of pyridine rings is 1. The summed E-state index contributed by atoms with van der Waals surface area (Å²) in [4.78, 5) is 27.8. The van der Waals surface area contributed by atoms with Crippen LogP contribution in [0.5, 0.6) is 0 Å². The van der Waals surface area contributed by atoms with Crippen molar-refractivity contribution >= 4 is 17.6 Å². The predicted molar refractivity (Wildman–Crippen MR) is 111 cm³/mol. The molecule has 4 aromatic rings. The topological polar surface area (TPSA) is 110 Å². The van der Waals surface area contributed by atoms with E-state index in [1.165, 1.54) is 23.0 Å². The summed E-state index contributed by atoms with van der Waals surface area (Å²) < 4.78 is 1.53. The summed E-state index contributed by atoms with van der Waals surface area (Å²) in [7, 11) is 0. The van der Waals surface area contributed by atoms with Crippen LogP contribution in [0.1, 0.15) is 26.3 Å². The summed E-state index contributed by atoms with van der Waals surface area (Å²) in [5.74, 6) is -1.25. The Morgan fingerprint density at radius 3 is 2.53 bits per heavy atom. The Bertz CT molecular complexity index is 1230. The number of hydrogen-bond acceptors (Lipinski definition) is 5. The largest absolute Gasteiger partial charge is 0.478 e. The van der Waals surface area contributed by atoms with E-state index in [2.05, 4.69) is 20.6 Å². The Balaban J connectivity index is 1.56. The Labute approximate surface area is 171 Å². The Hall–Kier alpha value is -4.33. The summed E-state index contributed by atoms with van der Waals surface area (Å²) in [6.45, 7) is 1.96. The highest BCUT2D eigenvalue weighted by atomic mass is 16.4. The zero-order chi connectivity index (χ0) is 21.1. The summed E-state index contributed by atoms with van der Waals surface area (Å²) in [6.07, 6.45) is 3.06. The molecule has 0 aliphatic heterocycles. The number of nitrogens with zero attached hydrogens (tertiary/aromatic N) is 4. The molecule has 0 unspecified atom stereocenters. The molecule has 30 heavy (non-hydrogen) atoms. The molecular weight excluding hydrogens is 382 g/mol. The number of hydrogen-bond donors (Lipinski definition) is 2. The maximum absolute atomic E-state index is 12.4. The number of carboxylic acids is 1. The smallest absolute Gasteiger partial charge is 0.335 e. The number of aryl methyl sites for hydroxylation is 1. The monoisotopic (exact) mass is 399 g/mol. The minimum absolute atomic E-state index is 0.121. The summed E-state index contributed by atoms with van der Waals surface area (Å²) >= 11 is 0. The molecule has 1 amide bonds. The molecule has 8 heteroatoms. The van der Waals surface area contributed by atoms with Gasteiger partial charge in [-0.25, -0.2) is 9.48 Å². The number of aromatic nitrogens is 4. The SMILES string of the molecule is Cc1ccc(C(=O)Nc2cccc(-n3cc(-c4cc(C(=O)O)ccn4)nn3)c2)cc1. The van der Waals surface area contributed by atoms with Crippen LogP contribution in [0.2, 0.25) is 0 Å². The van der Waals surface area contributed by atoms with Crippen molar-refractivity contribution in [3.05, 3.63) is 89.7 Å². The fourth-order valence-electron chi connectivity index (χ4n) is 2.85. The zero-order valence-electron chi connectivity index (χ0n) is 16.0. The minimum atomic E-state index is -1.04. The second kappa shape index (κ2) is 7.96. The number of carbonyl (C=O) groups excluding carboxylic acids is 1. The first-order valence-corrected chi connectivity index (χ1v) is 9.10. The molecule has 148 valence electrons. The lowest BCUT2D eigenvalue weighted by atomic mass is 10.1. The zero-order valence-corrected chi connectivity index (χ0v) is 16.0. The third-order valence-electron chi connectivity index (χ3n) is 4.45. The van der Waals surface area contributed by atoms with Crippen LogP contribution in [-0.2, 0) is 0 Å². The molecule has 0 fully saturated rings. The molecule has 0 saturated carbocycles. The molecule has 0 aliphatic carbocycles. The van der Waals surface area contributed by atoms with Crippen molar-refractivity contribution in [3.63, 3.8) is 0 Å². The van der Waals surface area contributed by atoms with E-state index >= 15 is 0 Å². The predicted octanol–water partition coefficient (Wildman–Crippen LogP) is 3.59. The fraction of sp³-hybridized carbons (Fsp3) is 0.0455. The van der Waals surface area contributed by atoms with Gasteiger partial charge in [0.25, 0.3) is 5.91 Å². The van der Waals surface area contributed by atoms with Gasteiger partial charge in [0.15, 0.2) is 0 Å². The molecule has 0 saturated heterocycles. The molecule has 2 aromatic carbocycles. The molecule has 2 N–H and O–H groups in total. The summed E-state index contributed by atoms with van der Waals surface area (Å²) in [5, 5.41) is 20.2. The average Bonchev–Trinajstić information content (AvgIpc) is 3.25. The van der Waals surface area contributed by atoms with Gasteiger partial charge in [0.2, 0.25) is 0 Å². The lowest BCUT2D eigenvalue weighted by Gasteiger charge is -2.07. The maximum atomic E-state index is 12.4. The molecule has 0 radical (unpaired) electrons. The van der Waals surface area contributed by atoms with Crippen molar-refractivity contribution in [1.82, 2.24) is 20.0 Å². The summed E-state index contributed by atoms with van der Waals surface area (Å²) in [5.41, 5.74) is 3.91. The van der Waals surface area contributed by atoms with Crippen molar-refractivity contribution in [1.29, 1.82) is 0 Å². The molecule has 0 bridgehead atoms. The number of benzene rings is 2. The quantitative estimate of drug-likeness (QED) is 0.531. The van der Waals surface area contributed by atoms with Gasteiger partial charge in [0.05, 0.1) is 23.1 Å². The maximum Gasteiger partial charge on any atom is 0.335 e. The van der Waals surface area contributed by atoms with Gasteiger partial charge in [-0.1, -0.05) is 29.0 Å². The number of rotatable bonds is 5. The van der Waals surface area contributed by atoms with Crippen LogP contribution in [0, 0.1) is 6.92 Å². The van der Waals surface area contributed by atoms with Gasteiger partial charge in [-0.2, -0.15) is 0 Å². The number of aromatic carboxylic acids is 1. The van der Waals surface area contributed by atoms with Gasteiger partial charge in [-0.15, -0.1) is 5.10 Å². The molecule has 0 atom stereocenters. The van der Waals surface area contributed by atoms with E-state index in [-0.39, 0.29) is 11.5 Å². The standard InChI is InChI=1S/C22H17N5O3/c1-14-5-7-15(8-6-14)21(28)24-17-3-2-4-18(12-17)27-13-20(25-26-27)19-11-16(22(29)30)9-10-23-19/h2-13H,1H3,(H,24,28)(H,29,30). The van der Waals surface area contributed by atoms with Gasteiger partial charge in [-0.3, -0.25) is 9.78 Å². The van der Waals surface area contributed by atoms with E-state index in [0.29, 0.717) is 28.3 Å². The lowest BCUT2D eigenvalue weighted by Crippen LogP contribution is -2.12. The highest BCUT2D eigenvalue weighted by molar-refractivity contribution is 6.04. The first kappa shape index (κ1) is 19.0. The van der Waals surface area contributed by atoms with E-state index in [1.54, 1.807) is 36.5 Å². The number of anilines is 1. The lowest BCUT2D eigenvalue weighted by molar-refractivity contribution is 0.0696. The van der Waals surface area contributed by atoms with Gasteiger partial charge in [0.1, 0.15) is 5.69 Å². The number of carboxylic acid groups (broad SMARTS) is 1. The molecule has 0 aliphatic rings. The summed E-state index contributed by atoms with van der Waals surface area (Å²) in [6, 6.07) is 17.3. The van der Waals surface area contributed by atoms with E-state index in [1.807, 2.05) is 25.1 Å². The van der Waals surface area contributed by atoms with Gasteiger partial charge in [0, 0.05) is 17.4 Å². The number of amides is 1. The van der Waals surface area contributed by atoms with Crippen LogP contribution in [0.15, 0.2) is 73.1 Å². The van der Waals surface area contributed by atoms with E-state index < -0.39 is 5.97 Å². The Morgan fingerprint density at radius 1 is 0.967 bits per heavy atom. The van der Waals surface area contributed by atoms with Crippen LogP contribution in [0.25, 0.3) is 17.1 Å². The van der Waals surface area contributed by atoms with E-state index in [0.717, 1.165) is 5.56 Å². The molecule has 2 heterocycles. The van der Waals surface area contributed by atoms with Crippen molar-refractivity contribution in [2.24, 2.45) is 0 Å². The van der Waals surface area contributed by atoms with Crippen LogP contribution in [0.4, 0.5) is 5.69 Å². The third kappa shape index (κ3) is 4.07. The third-order valence-corrected chi connectivity index (χ3v) is 4.45. The number of nitrogens with one attached hydrogen (secondary N) is 1. The average molecular weight is 399 g/mol. The molecule has 0 spiro atoms. The normalized spacial score (nSPS) is 10.6. The molecular formula is C22H17N5O3.